The van der Waals surface area contributed by atoms with Crippen LogP contribution in [0.4, 0.5) is 13.2 Å². The normalized spacial score (nSPS) is 24.2. The first-order valence-electron chi connectivity index (χ1n) is 10.0. The highest BCUT2D eigenvalue weighted by Crippen LogP contribution is 2.46. The van der Waals surface area contributed by atoms with Gasteiger partial charge in [-0.2, -0.15) is 13.2 Å². The highest BCUT2D eigenvalue weighted by molar-refractivity contribution is 6.47. The SMILES string of the molecule is CC1(C)OB(C(Cc2ccc(C(F)(F)F)cc2)C2CCCCC2)OC1(C)C. The van der Waals surface area contributed by atoms with Gasteiger partial charge >= 0.3 is 13.3 Å². The van der Waals surface area contributed by atoms with Gasteiger partial charge in [0.25, 0.3) is 0 Å². The average Bonchev–Trinajstić information content (AvgIpc) is 2.80. The lowest BCUT2D eigenvalue weighted by Gasteiger charge is -2.32. The van der Waals surface area contributed by atoms with Crippen molar-refractivity contribution in [2.24, 2.45) is 5.92 Å². The second-order valence-electron chi connectivity index (χ2n) is 9.09. The van der Waals surface area contributed by atoms with Gasteiger partial charge in [-0.05, 0) is 57.7 Å². The molecule has 6 heteroatoms. The minimum Gasteiger partial charge on any atom is -0.403 e. The zero-order valence-electron chi connectivity index (χ0n) is 16.7. The Morgan fingerprint density at radius 2 is 1.48 bits per heavy atom. The van der Waals surface area contributed by atoms with Crippen LogP contribution in [0, 0.1) is 5.92 Å². The van der Waals surface area contributed by atoms with Crippen molar-refractivity contribution in [1.82, 2.24) is 0 Å². The summed E-state index contributed by atoms with van der Waals surface area (Å²) in [5, 5.41) is 0. The lowest BCUT2D eigenvalue weighted by molar-refractivity contribution is -0.137. The summed E-state index contributed by atoms with van der Waals surface area (Å²) in [5.74, 6) is 0.638. The van der Waals surface area contributed by atoms with Crippen LogP contribution in [0.15, 0.2) is 24.3 Å². The molecule has 1 saturated heterocycles. The molecule has 2 aliphatic rings. The van der Waals surface area contributed by atoms with Crippen LogP contribution in [0.25, 0.3) is 0 Å². The molecule has 1 heterocycles. The molecule has 27 heavy (non-hydrogen) atoms. The van der Waals surface area contributed by atoms with E-state index in [4.69, 9.17) is 9.31 Å². The second-order valence-corrected chi connectivity index (χ2v) is 9.09. The van der Waals surface area contributed by atoms with Gasteiger partial charge in [-0.1, -0.05) is 44.2 Å². The first-order chi connectivity index (χ1) is 12.5. The molecule has 1 unspecified atom stereocenters. The van der Waals surface area contributed by atoms with Crippen molar-refractivity contribution in [3.63, 3.8) is 0 Å². The summed E-state index contributed by atoms with van der Waals surface area (Å²) in [6.45, 7) is 8.18. The van der Waals surface area contributed by atoms with Crippen LogP contribution in [0.2, 0.25) is 5.82 Å². The van der Waals surface area contributed by atoms with Gasteiger partial charge in [0, 0.05) is 5.82 Å². The van der Waals surface area contributed by atoms with E-state index in [1.54, 1.807) is 12.1 Å². The molecule has 0 bridgehead atoms. The van der Waals surface area contributed by atoms with Gasteiger partial charge < -0.3 is 9.31 Å². The molecule has 0 N–H and O–H groups in total. The molecule has 0 spiro atoms. The first kappa shape index (κ1) is 20.7. The standard InChI is InChI=1S/C21H30BF3O2/c1-19(2)20(3,4)27-22(26-19)18(16-8-6-5-7-9-16)14-15-10-12-17(13-11-15)21(23,24)25/h10-13,16,18H,5-9,14H2,1-4H3. The smallest absolute Gasteiger partial charge is 0.403 e. The van der Waals surface area contributed by atoms with Crippen LogP contribution in [0.3, 0.4) is 0 Å². The van der Waals surface area contributed by atoms with Crippen LogP contribution in [0.5, 0.6) is 0 Å². The van der Waals surface area contributed by atoms with Crippen LogP contribution in [-0.4, -0.2) is 18.3 Å². The average molecular weight is 382 g/mol. The molecule has 0 amide bonds. The van der Waals surface area contributed by atoms with E-state index in [1.807, 2.05) is 27.7 Å². The van der Waals surface area contributed by atoms with E-state index in [0.29, 0.717) is 12.3 Å². The van der Waals surface area contributed by atoms with E-state index in [2.05, 4.69) is 0 Å². The maximum absolute atomic E-state index is 12.8. The molecule has 1 aliphatic heterocycles. The van der Waals surface area contributed by atoms with Gasteiger partial charge in [0.1, 0.15) is 0 Å². The molecule has 1 aromatic rings. The first-order valence-corrected chi connectivity index (χ1v) is 10.0. The highest BCUT2D eigenvalue weighted by Gasteiger charge is 2.54. The molecule has 1 aliphatic carbocycles. The summed E-state index contributed by atoms with van der Waals surface area (Å²) in [7, 11) is -0.319. The number of hydrogen-bond donors (Lipinski definition) is 0. The zero-order valence-corrected chi connectivity index (χ0v) is 16.7. The summed E-state index contributed by atoms with van der Waals surface area (Å²) in [5.41, 5.74) is -0.487. The number of hydrogen-bond acceptors (Lipinski definition) is 2. The van der Waals surface area contributed by atoms with Crippen LogP contribution in [-0.2, 0) is 21.9 Å². The molecule has 3 rings (SSSR count). The second kappa shape index (κ2) is 7.44. The summed E-state index contributed by atoms with van der Waals surface area (Å²) in [6.07, 6.45) is 2.31. The molecule has 2 fully saturated rings. The molecule has 0 radical (unpaired) electrons. The summed E-state index contributed by atoms with van der Waals surface area (Å²) in [4.78, 5) is 0. The molecule has 1 aromatic carbocycles. The van der Waals surface area contributed by atoms with Crippen molar-refractivity contribution in [3.8, 4) is 0 Å². The van der Waals surface area contributed by atoms with E-state index in [-0.39, 0.29) is 12.9 Å². The Balaban J connectivity index is 1.81. The minimum atomic E-state index is -4.30. The Morgan fingerprint density at radius 1 is 0.963 bits per heavy atom. The number of benzene rings is 1. The molecule has 150 valence electrons. The molecule has 2 nitrogen and oxygen atoms in total. The van der Waals surface area contributed by atoms with E-state index in [0.717, 1.165) is 18.4 Å². The van der Waals surface area contributed by atoms with E-state index in [9.17, 15) is 13.2 Å². The highest BCUT2D eigenvalue weighted by atomic mass is 19.4. The quantitative estimate of drug-likeness (QED) is 0.570. The number of alkyl halides is 3. The van der Waals surface area contributed by atoms with E-state index in [1.165, 1.54) is 31.4 Å². The Hall–Kier alpha value is -1.01. The van der Waals surface area contributed by atoms with Crippen molar-refractivity contribution in [2.75, 3.05) is 0 Å². The Bertz CT molecular complexity index is 618. The van der Waals surface area contributed by atoms with Gasteiger partial charge in [-0.3, -0.25) is 0 Å². The van der Waals surface area contributed by atoms with Gasteiger partial charge in [0.2, 0.25) is 0 Å². The summed E-state index contributed by atoms with van der Waals surface area (Å²) >= 11 is 0. The fraction of sp³-hybridized carbons (Fsp3) is 0.714. The predicted molar refractivity (Wildman–Crippen MR) is 102 cm³/mol. The largest absolute Gasteiger partial charge is 0.461 e. The van der Waals surface area contributed by atoms with Crippen molar-refractivity contribution in [1.29, 1.82) is 0 Å². The third kappa shape index (κ3) is 4.53. The van der Waals surface area contributed by atoms with E-state index < -0.39 is 22.9 Å². The van der Waals surface area contributed by atoms with Gasteiger partial charge in [-0.15, -0.1) is 0 Å². The fourth-order valence-electron chi connectivity index (χ4n) is 4.21. The van der Waals surface area contributed by atoms with Crippen molar-refractivity contribution in [3.05, 3.63) is 35.4 Å². The van der Waals surface area contributed by atoms with Crippen molar-refractivity contribution < 1.29 is 22.5 Å². The van der Waals surface area contributed by atoms with Gasteiger partial charge in [0.05, 0.1) is 16.8 Å². The van der Waals surface area contributed by atoms with Crippen molar-refractivity contribution in [2.45, 2.75) is 89.4 Å². The number of rotatable bonds is 4. The molecular formula is C21H30BF3O2. The monoisotopic (exact) mass is 382 g/mol. The lowest BCUT2D eigenvalue weighted by atomic mass is 9.59. The maximum Gasteiger partial charge on any atom is 0.461 e. The maximum atomic E-state index is 12.8. The topological polar surface area (TPSA) is 18.5 Å². The number of halogens is 3. The van der Waals surface area contributed by atoms with Gasteiger partial charge in [0.15, 0.2) is 0 Å². The Morgan fingerprint density at radius 3 is 1.96 bits per heavy atom. The van der Waals surface area contributed by atoms with Crippen molar-refractivity contribution >= 4 is 7.12 Å². The van der Waals surface area contributed by atoms with Crippen LogP contribution < -0.4 is 0 Å². The molecule has 1 atom stereocenters. The van der Waals surface area contributed by atoms with Crippen LogP contribution >= 0.6 is 0 Å². The van der Waals surface area contributed by atoms with Gasteiger partial charge in [-0.25, -0.2) is 0 Å². The van der Waals surface area contributed by atoms with E-state index >= 15 is 0 Å². The fourth-order valence-corrected chi connectivity index (χ4v) is 4.21. The Kier molecular flexibility index (Phi) is 5.71. The lowest BCUT2D eigenvalue weighted by Crippen LogP contribution is -2.41. The minimum absolute atomic E-state index is 0.156. The third-order valence-corrected chi connectivity index (χ3v) is 6.63. The predicted octanol–water partition coefficient (Wildman–Crippen LogP) is 6.29. The summed E-state index contributed by atoms with van der Waals surface area (Å²) < 4.78 is 51.2. The molecule has 1 saturated carbocycles. The Labute approximate surface area is 161 Å². The third-order valence-electron chi connectivity index (χ3n) is 6.63. The molecular weight excluding hydrogens is 352 g/mol. The molecule has 0 aromatic heterocycles. The zero-order chi connectivity index (χ0) is 19.9. The summed E-state index contributed by atoms with van der Waals surface area (Å²) in [6, 6.07) is 5.56. The van der Waals surface area contributed by atoms with Crippen LogP contribution in [0.1, 0.15) is 70.9 Å².